The van der Waals surface area contributed by atoms with Gasteiger partial charge in [0.2, 0.25) is 0 Å². The highest BCUT2D eigenvalue weighted by Gasteiger charge is 1.79. The smallest absolute Gasteiger partial charge is 0.150 e. The average Bonchev–Trinajstić information content (AvgIpc) is 1.61. The normalized spacial score (nSPS) is 11.9. The first-order valence-corrected chi connectivity index (χ1v) is 2.00. The molecule has 1 atom stereocenters. The highest BCUT2D eigenvalue weighted by atomic mass is 19.1. The minimum Gasteiger partial charge on any atom is -0.381 e. The van der Waals surface area contributed by atoms with Crippen LogP contribution in [0.3, 0.4) is 0 Å². The predicted molar refractivity (Wildman–Crippen MR) is 25.4 cm³/mol. The van der Waals surface area contributed by atoms with Gasteiger partial charge < -0.3 is 5.11 Å². The predicted octanol–water partition coefficient (Wildman–Crippen LogP) is 0.340. The van der Waals surface area contributed by atoms with Crippen molar-refractivity contribution in [2.24, 2.45) is 0 Å². The van der Waals surface area contributed by atoms with Gasteiger partial charge in [-0.1, -0.05) is 11.8 Å². The van der Waals surface area contributed by atoms with Crippen LogP contribution in [0.1, 0.15) is 6.92 Å². The van der Waals surface area contributed by atoms with E-state index in [4.69, 9.17) is 5.11 Å². The third-order valence-electron chi connectivity index (χ3n) is 0.378. The summed E-state index contributed by atoms with van der Waals surface area (Å²) in [5, 5.41) is 8.34. The average molecular weight is 102 g/mol. The minimum atomic E-state index is -0.698. The van der Waals surface area contributed by atoms with Crippen molar-refractivity contribution >= 4 is 0 Å². The van der Waals surface area contributed by atoms with Crippen molar-refractivity contribution in [1.29, 1.82) is 0 Å². The maximum absolute atomic E-state index is 11.1. The Morgan fingerprint density at radius 1 is 1.86 bits per heavy atom. The fourth-order valence-electron chi connectivity index (χ4n) is 0.186. The SMILES string of the molecule is CC(O)C#CCF. The number of alkyl halides is 1. The summed E-state index contributed by atoms with van der Waals surface area (Å²) >= 11 is 0. The van der Waals surface area contributed by atoms with Crippen LogP contribution in [0.2, 0.25) is 0 Å². The molecule has 0 radical (unpaired) electrons. The largest absolute Gasteiger partial charge is 0.381 e. The van der Waals surface area contributed by atoms with Gasteiger partial charge in [0.1, 0.15) is 12.8 Å². The van der Waals surface area contributed by atoms with Gasteiger partial charge >= 0.3 is 0 Å². The Balaban J connectivity index is 3.24. The van der Waals surface area contributed by atoms with Crippen molar-refractivity contribution in [2.75, 3.05) is 6.67 Å². The van der Waals surface area contributed by atoms with Gasteiger partial charge in [-0.25, -0.2) is 4.39 Å². The molecule has 0 bridgehead atoms. The molecular weight excluding hydrogens is 95.1 g/mol. The lowest BCUT2D eigenvalue weighted by atomic mass is 10.4. The minimum absolute atomic E-state index is 0.676. The number of hydrogen-bond donors (Lipinski definition) is 1. The van der Waals surface area contributed by atoms with E-state index in [2.05, 4.69) is 11.8 Å². The second-order valence-corrected chi connectivity index (χ2v) is 1.13. The monoisotopic (exact) mass is 102 g/mol. The molecule has 0 spiro atoms. The Morgan fingerprint density at radius 3 is 2.57 bits per heavy atom. The van der Waals surface area contributed by atoms with Gasteiger partial charge in [0.05, 0.1) is 0 Å². The van der Waals surface area contributed by atoms with E-state index in [-0.39, 0.29) is 0 Å². The maximum Gasteiger partial charge on any atom is 0.150 e. The zero-order valence-corrected chi connectivity index (χ0v) is 4.11. The molecule has 1 nitrogen and oxygen atoms in total. The Bertz CT molecular complexity index is 88.0. The van der Waals surface area contributed by atoms with E-state index in [0.717, 1.165) is 0 Å². The van der Waals surface area contributed by atoms with E-state index in [1.54, 1.807) is 0 Å². The molecule has 0 aromatic rings. The molecule has 0 saturated heterocycles. The lowest BCUT2D eigenvalue weighted by Gasteiger charge is -1.83. The highest BCUT2D eigenvalue weighted by molar-refractivity contribution is 5.02. The van der Waals surface area contributed by atoms with Crippen LogP contribution >= 0.6 is 0 Å². The van der Waals surface area contributed by atoms with E-state index in [1.165, 1.54) is 6.92 Å². The molecule has 0 aliphatic rings. The van der Waals surface area contributed by atoms with Crippen LogP contribution < -0.4 is 0 Å². The fourth-order valence-corrected chi connectivity index (χ4v) is 0.186. The molecule has 1 unspecified atom stereocenters. The van der Waals surface area contributed by atoms with E-state index >= 15 is 0 Å². The summed E-state index contributed by atoms with van der Waals surface area (Å²) in [6, 6.07) is 0. The molecule has 1 N–H and O–H groups in total. The third kappa shape index (κ3) is 5.45. The van der Waals surface area contributed by atoms with E-state index in [1.807, 2.05) is 0 Å². The van der Waals surface area contributed by atoms with Crippen LogP contribution in [0.25, 0.3) is 0 Å². The Kier molecular flexibility index (Phi) is 3.35. The number of hydrogen-bond acceptors (Lipinski definition) is 1. The van der Waals surface area contributed by atoms with E-state index < -0.39 is 12.8 Å². The van der Waals surface area contributed by atoms with Gasteiger partial charge in [0.15, 0.2) is 0 Å². The molecule has 0 aliphatic carbocycles. The first kappa shape index (κ1) is 6.45. The lowest BCUT2D eigenvalue weighted by molar-refractivity contribution is 0.253. The van der Waals surface area contributed by atoms with Crippen LogP contribution in [-0.2, 0) is 0 Å². The van der Waals surface area contributed by atoms with Crippen LogP contribution in [0, 0.1) is 11.8 Å². The van der Waals surface area contributed by atoms with Gasteiger partial charge in [-0.2, -0.15) is 0 Å². The molecule has 0 aromatic carbocycles. The topological polar surface area (TPSA) is 20.2 Å². The van der Waals surface area contributed by atoms with Gasteiger partial charge in [0, 0.05) is 0 Å². The van der Waals surface area contributed by atoms with E-state index in [9.17, 15) is 4.39 Å². The summed E-state index contributed by atoms with van der Waals surface area (Å²) < 4.78 is 11.1. The second kappa shape index (κ2) is 3.63. The Labute approximate surface area is 42.2 Å². The molecule has 0 heterocycles. The van der Waals surface area contributed by atoms with Crippen molar-refractivity contribution in [3.63, 3.8) is 0 Å². The van der Waals surface area contributed by atoms with Crippen LogP contribution in [-0.4, -0.2) is 17.9 Å². The zero-order chi connectivity index (χ0) is 5.70. The molecule has 0 amide bonds. The summed E-state index contributed by atoms with van der Waals surface area (Å²) in [6.07, 6.45) is -0.698. The van der Waals surface area contributed by atoms with Crippen LogP contribution in [0.4, 0.5) is 4.39 Å². The molecule has 0 saturated carbocycles. The van der Waals surface area contributed by atoms with Crippen LogP contribution in [0.5, 0.6) is 0 Å². The molecule has 0 aliphatic heterocycles. The standard InChI is InChI=1S/C5H7FO/c1-5(7)3-2-4-6/h5,7H,4H2,1H3. The summed E-state index contributed by atoms with van der Waals surface area (Å²) in [7, 11) is 0. The second-order valence-electron chi connectivity index (χ2n) is 1.13. The quantitative estimate of drug-likeness (QED) is 0.437. The van der Waals surface area contributed by atoms with Crippen LogP contribution in [0.15, 0.2) is 0 Å². The third-order valence-corrected chi connectivity index (χ3v) is 0.378. The molecule has 0 rings (SSSR count). The summed E-state index contributed by atoms with van der Waals surface area (Å²) in [5.41, 5.74) is 0. The zero-order valence-electron chi connectivity index (χ0n) is 4.11. The van der Waals surface area contributed by atoms with Crippen molar-refractivity contribution in [3.05, 3.63) is 0 Å². The van der Waals surface area contributed by atoms with Gasteiger partial charge in [0.25, 0.3) is 0 Å². The lowest BCUT2D eigenvalue weighted by Crippen LogP contribution is -1.92. The number of aliphatic hydroxyl groups excluding tert-OH is 1. The van der Waals surface area contributed by atoms with E-state index in [0.29, 0.717) is 0 Å². The molecule has 40 valence electrons. The summed E-state index contributed by atoms with van der Waals surface area (Å²) in [4.78, 5) is 0. The van der Waals surface area contributed by atoms with Gasteiger partial charge in [-0.15, -0.1) is 0 Å². The first-order valence-electron chi connectivity index (χ1n) is 2.00. The highest BCUT2D eigenvalue weighted by Crippen LogP contribution is 1.71. The van der Waals surface area contributed by atoms with Crippen molar-refractivity contribution < 1.29 is 9.50 Å². The molecule has 2 heteroatoms. The Morgan fingerprint density at radius 2 is 2.43 bits per heavy atom. The van der Waals surface area contributed by atoms with Gasteiger partial charge in [-0.3, -0.25) is 0 Å². The van der Waals surface area contributed by atoms with Crippen molar-refractivity contribution in [3.8, 4) is 11.8 Å². The summed E-state index contributed by atoms with van der Waals surface area (Å²) in [6.45, 7) is 0.813. The maximum atomic E-state index is 11.1. The Hall–Kier alpha value is -0.550. The van der Waals surface area contributed by atoms with Gasteiger partial charge in [-0.05, 0) is 6.92 Å². The number of rotatable bonds is 0. The molecular formula is C5H7FO. The molecule has 0 aromatic heterocycles. The number of aliphatic hydroxyl groups is 1. The molecule has 0 fully saturated rings. The summed E-state index contributed by atoms with van der Waals surface area (Å²) in [5.74, 6) is 4.31. The van der Waals surface area contributed by atoms with Crippen molar-refractivity contribution in [2.45, 2.75) is 13.0 Å². The first-order chi connectivity index (χ1) is 3.27. The number of halogens is 1. The fraction of sp³-hybridized carbons (Fsp3) is 0.600. The molecule has 7 heavy (non-hydrogen) atoms. The van der Waals surface area contributed by atoms with Crippen molar-refractivity contribution in [1.82, 2.24) is 0 Å².